The maximum absolute atomic E-state index is 12.6. The number of hydrogen-bond donors (Lipinski definition) is 0. The molecule has 0 bridgehead atoms. The van der Waals surface area contributed by atoms with E-state index in [2.05, 4.69) is 11.9 Å². The van der Waals surface area contributed by atoms with Gasteiger partial charge in [-0.05, 0) is 39.7 Å². The molecule has 1 amide bonds. The highest BCUT2D eigenvalue weighted by Crippen LogP contribution is 2.28. The van der Waals surface area contributed by atoms with Crippen molar-refractivity contribution in [3.05, 3.63) is 28.3 Å². The van der Waals surface area contributed by atoms with E-state index in [-0.39, 0.29) is 11.5 Å². The van der Waals surface area contributed by atoms with Crippen molar-refractivity contribution in [2.24, 2.45) is 0 Å². The topological polar surface area (TPSA) is 55.6 Å². The summed E-state index contributed by atoms with van der Waals surface area (Å²) in [6.45, 7) is 8.22. The van der Waals surface area contributed by atoms with Crippen molar-refractivity contribution in [3.8, 4) is 11.5 Å². The molecular formula is C17H22N2O3S. The number of furan rings is 1. The van der Waals surface area contributed by atoms with Crippen LogP contribution in [-0.2, 0) is 4.74 Å². The number of likely N-dealkylation sites (tertiary alicyclic amines) is 1. The van der Waals surface area contributed by atoms with Crippen molar-refractivity contribution in [2.45, 2.75) is 39.2 Å². The summed E-state index contributed by atoms with van der Waals surface area (Å²) >= 11 is 1.57. The summed E-state index contributed by atoms with van der Waals surface area (Å²) in [7, 11) is 0. The predicted octanol–water partition coefficient (Wildman–Crippen LogP) is 3.74. The SMILES string of the molecule is CCOC1(C)CCN(C(=O)c2coc(-c3csc(C)n3)c2)CC1. The zero-order valence-electron chi connectivity index (χ0n) is 13.8. The van der Waals surface area contributed by atoms with E-state index in [9.17, 15) is 4.79 Å². The number of rotatable bonds is 4. The first-order valence-electron chi connectivity index (χ1n) is 7.95. The second-order valence-electron chi connectivity index (χ2n) is 6.13. The van der Waals surface area contributed by atoms with Crippen LogP contribution in [0.5, 0.6) is 0 Å². The number of piperidine rings is 1. The first-order chi connectivity index (χ1) is 11.0. The van der Waals surface area contributed by atoms with Crippen molar-refractivity contribution in [1.29, 1.82) is 0 Å². The molecule has 0 unspecified atom stereocenters. The van der Waals surface area contributed by atoms with E-state index in [1.807, 2.05) is 24.1 Å². The van der Waals surface area contributed by atoms with Gasteiger partial charge in [-0.3, -0.25) is 4.79 Å². The molecule has 0 saturated carbocycles. The number of aromatic nitrogens is 1. The van der Waals surface area contributed by atoms with Gasteiger partial charge in [0.15, 0.2) is 5.76 Å². The fraction of sp³-hybridized carbons (Fsp3) is 0.529. The molecule has 0 N–H and O–H groups in total. The smallest absolute Gasteiger partial charge is 0.257 e. The molecule has 1 aliphatic rings. The molecule has 2 aromatic heterocycles. The lowest BCUT2D eigenvalue weighted by Gasteiger charge is -2.39. The molecule has 1 saturated heterocycles. The van der Waals surface area contributed by atoms with E-state index in [0.717, 1.165) is 23.5 Å². The Labute approximate surface area is 140 Å². The third kappa shape index (κ3) is 3.48. The Morgan fingerprint density at radius 1 is 1.48 bits per heavy atom. The quantitative estimate of drug-likeness (QED) is 0.854. The zero-order valence-corrected chi connectivity index (χ0v) is 14.6. The highest BCUT2D eigenvalue weighted by molar-refractivity contribution is 7.09. The molecule has 0 aromatic carbocycles. The van der Waals surface area contributed by atoms with Crippen LogP contribution in [-0.4, -0.2) is 41.1 Å². The van der Waals surface area contributed by atoms with Crippen LogP contribution in [0, 0.1) is 6.92 Å². The van der Waals surface area contributed by atoms with Gasteiger partial charge in [-0.25, -0.2) is 4.98 Å². The summed E-state index contributed by atoms with van der Waals surface area (Å²) < 4.78 is 11.3. The van der Waals surface area contributed by atoms with E-state index in [0.29, 0.717) is 31.0 Å². The minimum Gasteiger partial charge on any atom is -0.462 e. The average molecular weight is 334 g/mol. The molecule has 3 rings (SSSR count). The van der Waals surface area contributed by atoms with Crippen molar-refractivity contribution in [2.75, 3.05) is 19.7 Å². The molecule has 5 nitrogen and oxygen atoms in total. The first kappa shape index (κ1) is 16.2. The second-order valence-corrected chi connectivity index (χ2v) is 7.19. The van der Waals surface area contributed by atoms with Gasteiger partial charge in [0.05, 0.1) is 16.2 Å². The highest BCUT2D eigenvalue weighted by atomic mass is 32.1. The van der Waals surface area contributed by atoms with E-state index >= 15 is 0 Å². The van der Waals surface area contributed by atoms with Gasteiger partial charge in [0.25, 0.3) is 5.91 Å². The second kappa shape index (κ2) is 6.45. The van der Waals surface area contributed by atoms with Crippen LogP contribution in [0.1, 0.15) is 42.1 Å². The highest BCUT2D eigenvalue weighted by Gasteiger charge is 2.33. The summed E-state index contributed by atoms with van der Waals surface area (Å²) in [6.07, 6.45) is 3.26. The monoisotopic (exact) mass is 334 g/mol. The van der Waals surface area contributed by atoms with Crippen LogP contribution in [0.15, 0.2) is 22.1 Å². The van der Waals surface area contributed by atoms with Gasteiger partial charge < -0.3 is 14.1 Å². The fourth-order valence-electron chi connectivity index (χ4n) is 2.92. The molecule has 1 aliphatic heterocycles. The van der Waals surface area contributed by atoms with Gasteiger partial charge in [-0.2, -0.15) is 0 Å². The van der Waals surface area contributed by atoms with Crippen molar-refractivity contribution in [3.63, 3.8) is 0 Å². The number of amides is 1. The predicted molar refractivity (Wildman–Crippen MR) is 89.7 cm³/mol. The van der Waals surface area contributed by atoms with Gasteiger partial charge in [0.1, 0.15) is 12.0 Å². The number of ether oxygens (including phenoxy) is 1. The Bertz CT molecular complexity index is 684. The van der Waals surface area contributed by atoms with Crippen LogP contribution < -0.4 is 0 Å². The molecule has 3 heterocycles. The zero-order chi connectivity index (χ0) is 16.4. The van der Waals surface area contributed by atoms with Crippen LogP contribution >= 0.6 is 11.3 Å². The molecule has 1 fully saturated rings. The van der Waals surface area contributed by atoms with E-state index in [1.165, 1.54) is 6.26 Å². The Morgan fingerprint density at radius 3 is 2.83 bits per heavy atom. The van der Waals surface area contributed by atoms with Gasteiger partial charge >= 0.3 is 0 Å². The molecule has 2 aromatic rings. The fourth-order valence-corrected chi connectivity index (χ4v) is 3.52. The summed E-state index contributed by atoms with van der Waals surface area (Å²) in [5.74, 6) is 0.666. The van der Waals surface area contributed by atoms with E-state index < -0.39 is 0 Å². The Hall–Kier alpha value is -1.66. The van der Waals surface area contributed by atoms with Crippen LogP contribution in [0.2, 0.25) is 0 Å². The van der Waals surface area contributed by atoms with Gasteiger partial charge in [0, 0.05) is 25.1 Å². The molecular weight excluding hydrogens is 312 g/mol. The van der Waals surface area contributed by atoms with E-state index in [1.54, 1.807) is 17.4 Å². The van der Waals surface area contributed by atoms with Crippen molar-refractivity contribution < 1.29 is 13.9 Å². The number of hydrogen-bond acceptors (Lipinski definition) is 5. The van der Waals surface area contributed by atoms with Crippen molar-refractivity contribution >= 4 is 17.2 Å². The number of thiazole rings is 1. The molecule has 0 spiro atoms. The molecule has 0 aliphatic carbocycles. The van der Waals surface area contributed by atoms with Crippen LogP contribution in [0.3, 0.4) is 0 Å². The normalized spacial score (nSPS) is 17.4. The Kier molecular flexibility index (Phi) is 4.55. The lowest BCUT2D eigenvalue weighted by molar-refractivity contribution is -0.0611. The molecule has 124 valence electrons. The first-order valence-corrected chi connectivity index (χ1v) is 8.83. The number of aryl methyl sites for hydroxylation is 1. The van der Waals surface area contributed by atoms with Crippen LogP contribution in [0.4, 0.5) is 0 Å². The largest absolute Gasteiger partial charge is 0.462 e. The van der Waals surface area contributed by atoms with Crippen molar-refractivity contribution in [1.82, 2.24) is 9.88 Å². The molecule has 0 radical (unpaired) electrons. The maximum atomic E-state index is 12.6. The van der Waals surface area contributed by atoms with Gasteiger partial charge in [-0.1, -0.05) is 0 Å². The number of carbonyl (C=O) groups excluding carboxylic acids is 1. The third-order valence-electron chi connectivity index (χ3n) is 4.32. The lowest BCUT2D eigenvalue weighted by atomic mass is 9.93. The van der Waals surface area contributed by atoms with Gasteiger partial charge in [-0.15, -0.1) is 11.3 Å². The number of carbonyl (C=O) groups is 1. The Balaban J connectivity index is 1.67. The van der Waals surface area contributed by atoms with Gasteiger partial charge in [0.2, 0.25) is 0 Å². The maximum Gasteiger partial charge on any atom is 0.257 e. The minimum atomic E-state index is -0.106. The standard InChI is InChI=1S/C17H22N2O3S/c1-4-22-17(3)5-7-19(8-6-17)16(20)13-9-15(21-10-13)14-11-23-12(2)18-14/h9-11H,4-8H2,1-3H3. The van der Waals surface area contributed by atoms with Crippen LogP contribution in [0.25, 0.3) is 11.5 Å². The third-order valence-corrected chi connectivity index (χ3v) is 5.09. The Morgan fingerprint density at radius 2 is 2.22 bits per heavy atom. The number of nitrogens with zero attached hydrogens (tertiary/aromatic N) is 2. The molecule has 0 atom stereocenters. The summed E-state index contributed by atoms with van der Waals surface area (Å²) in [6, 6.07) is 1.78. The molecule has 6 heteroatoms. The molecule has 23 heavy (non-hydrogen) atoms. The minimum absolute atomic E-state index is 0.0190. The summed E-state index contributed by atoms with van der Waals surface area (Å²) in [5, 5.41) is 2.92. The summed E-state index contributed by atoms with van der Waals surface area (Å²) in [5.41, 5.74) is 1.27. The summed E-state index contributed by atoms with van der Waals surface area (Å²) in [4.78, 5) is 18.9. The lowest BCUT2D eigenvalue weighted by Crippen LogP contribution is -2.46. The average Bonchev–Trinajstić information content (AvgIpc) is 3.16. The van der Waals surface area contributed by atoms with E-state index in [4.69, 9.17) is 9.15 Å².